The van der Waals surface area contributed by atoms with Gasteiger partial charge in [-0.1, -0.05) is 19.4 Å². The standard InChI is InChI=1S/C22H28N4O8S/c1-4-5-11-33-15-7-6-8-16(12-15)34-35(29,30)17-9-10-18(24-20(27)14-31-2)19(13-17)25-21(23)26-22(28)32-3/h6-10,12-13H,4-5,11,14H2,1-3H3,(H,24,27)(H3,23,25,26,28). The van der Waals surface area contributed by atoms with E-state index in [2.05, 4.69) is 20.7 Å². The highest BCUT2D eigenvalue weighted by molar-refractivity contribution is 7.87. The third kappa shape index (κ3) is 8.79. The van der Waals surface area contributed by atoms with E-state index in [0.717, 1.165) is 26.0 Å². The molecule has 2 rings (SSSR count). The van der Waals surface area contributed by atoms with Crippen LogP contribution in [0.1, 0.15) is 19.8 Å². The molecule has 0 radical (unpaired) electrons. The van der Waals surface area contributed by atoms with Crippen LogP contribution in [0.2, 0.25) is 0 Å². The lowest BCUT2D eigenvalue weighted by Crippen LogP contribution is -2.35. The van der Waals surface area contributed by atoms with E-state index in [4.69, 9.17) is 19.1 Å². The van der Waals surface area contributed by atoms with Crippen LogP contribution in [0.5, 0.6) is 11.5 Å². The van der Waals surface area contributed by atoms with Crippen LogP contribution in [-0.2, 0) is 24.4 Å². The van der Waals surface area contributed by atoms with Gasteiger partial charge in [0.05, 0.1) is 25.1 Å². The van der Waals surface area contributed by atoms with Gasteiger partial charge in [-0.05, 0) is 36.8 Å². The van der Waals surface area contributed by atoms with Gasteiger partial charge in [0.2, 0.25) is 11.9 Å². The smallest absolute Gasteiger partial charge is 0.413 e. The third-order valence-electron chi connectivity index (χ3n) is 4.28. The Hall–Kier alpha value is -3.84. The molecule has 190 valence electrons. The summed E-state index contributed by atoms with van der Waals surface area (Å²) in [5.41, 5.74) is 0.130. The number of rotatable bonds is 11. The molecule has 12 nitrogen and oxygen atoms in total. The van der Waals surface area contributed by atoms with Crippen molar-refractivity contribution < 1.29 is 36.4 Å². The molecule has 2 aromatic rings. The van der Waals surface area contributed by atoms with Crippen LogP contribution in [-0.4, -0.2) is 53.8 Å². The SMILES string of the molecule is CCCCOc1cccc(OS(=O)(=O)c2ccc(NC(=O)COC)c(NC(=N)NC(=O)OC)c2)c1. The minimum absolute atomic E-state index is 0.00261. The van der Waals surface area contributed by atoms with Crippen molar-refractivity contribution >= 4 is 39.5 Å². The zero-order valence-electron chi connectivity index (χ0n) is 19.5. The van der Waals surface area contributed by atoms with Gasteiger partial charge in [0.25, 0.3) is 0 Å². The van der Waals surface area contributed by atoms with Crippen molar-refractivity contribution in [1.82, 2.24) is 5.32 Å². The van der Waals surface area contributed by atoms with Gasteiger partial charge in [-0.25, -0.2) is 4.79 Å². The second-order valence-corrected chi connectivity index (χ2v) is 8.57. The van der Waals surface area contributed by atoms with Crippen LogP contribution in [0.15, 0.2) is 47.4 Å². The van der Waals surface area contributed by atoms with E-state index in [1.54, 1.807) is 12.1 Å². The Bertz CT molecular complexity index is 1150. The van der Waals surface area contributed by atoms with Crippen LogP contribution in [0.25, 0.3) is 0 Å². The van der Waals surface area contributed by atoms with E-state index in [9.17, 15) is 18.0 Å². The summed E-state index contributed by atoms with van der Waals surface area (Å²) < 4.78 is 45.9. The van der Waals surface area contributed by atoms with E-state index >= 15 is 0 Å². The molecule has 35 heavy (non-hydrogen) atoms. The fraction of sp³-hybridized carbons (Fsp3) is 0.318. The Morgan fingerprint density at radius 2 is 1.74 bits per heavy atom. The monoisotopic (exact) mass is 508 g/mol. The van der Waals surface area contributed by atoms with E-state index in [-0.39, 0.29) is 28.6 Å². The summed E-state index contributed by atoms with van der Waals surface area (Å²) in [6, 6.07) is 9.90. The summed E-state index contributed by atoms with van der Waals surface area (Å²) in [4.78, 5) is 23.1. The highest BCUT2D eigenvalue weighted by Gasteiger charge is 2.20. The van der Waals surface area contributed by atoms with Crippen molar-refractivity contribution in [3.8, 4) is 11.5 Å². The van der Waals surface area contributed by atoms with Gasteiger partial charge in [-0.15, -0.1) is 0 Å². The zero-order chi connectivity index (χ0) is 25.8. The molecule has 0 aromatic heterocycles. The summed E-state index contributed by atoms with van der Waals surface area (Å²) in [6.07, 6.45) is 0.891. The Kier molecular flexibility index (Phi) is 10.3. The minimum Gasteiger partial charge on any atom is -0.493 e. The molecule has 4 N–H and O–H groups in total. The number of guanidine groups is 1. The molecule has 2 aromatic carbocycles. The Balaban J connectivity index is 2.30. The summed E-state index contributed by atoms with van der Waals surface area (Å²) >= 11 is 0. The van der Waals surface area contributed by atoms with Gasteiger partial charge < -0.3 is 29.0 Å². The number of benzene rings is 2. The number of hydrogen-bond acceptors (Lipinski definition) is 9. The molecule has 0 aliphatic rings. The first-order valence-electron chi connectivity index (χ1n) is 10.5. The predicted octanol–water partition coefficient (Wildman–Crippen LogP) is 2.92. The fourth-order valence-corrected chi connectivity index (χ4v) is 3.60. The van der Waals surface area contributed by atoms with Crippen molar-refractivity contribution in [2.45, 2.75) is 24.7 Å². The van der Waals surface area contributed by atoms with Gasteiger partial charge in [-0.3, -0.25) is 15.5 Å². The molecule has 0 atom stereocenters. The number of carbonyl (C=O) groups excluding carboxylic acids is 2. The molecule has 13 heteroatoms. The molecule has 0 aliphatic carbocycles. The van der Waals surface area contributed by atoms with Gasteiger partial charge in [0.1, 0.15) is 23.0 Å². The number of carbonyl (C=O) groups is 2. The fourth-order valence-electron chi connectivity index (χ4n) is 2.65. The topological polar surface area (TPSA) is 165 Å². The van der Waals surface area contributed by atoms with Crippen molar-refractivity contribution in [2.24, 2.45) is 0 Å². The van der Waals surface area contributed by atoms with E-state index in [1.165, 1.54) is 31.4 Å². The molecule has 0 fully saturated rings. The number of alkyl carbamates (subject to hydrolysis) is 1. The number of ether oxygens (including phenoxy) is 3. The average Bonchev–Trinajstić information content (AvgIpc) is 2.80. The van der Waals surface area contributed by atoms with Crippen LogP contribution >= 0.6 is 0 Å². The first kappa shape index (κ1) is 27.4. The van der Waals surface area contributed by atoms with Crippen LogP contribution in [0, 0.1) is 5.41 Å². The van der Waals surface area contributed by atoms with Gasteiger partial charge in [0, 0.05) is 13.2 Å². The molecule has 0 unspecified atom stereocenters. The first-order chi connectivity index (χ1) is 16.7. The van der Waals surface area contributed by atoms with Crippen molar-refractivity contribution in [1.29, 1.82) is 5.41 Å². The van der Waals surface area contributed by atoms with Crippen molar-refractivity contribution in [3.63, 3.8) is 0 Å². The van der Waals surface area contributed by atoms with Crippen molar-refractivity contribution in [2.75, 3.05) is 38.1 Å². The molecule has 0 spiro atoms. The molecule has 2 amide bonds. The first-order valence-corrected chi connectivity index (χ1v) is 11.9. The molecule has 0 aliphatic heterocycles. The number of methoxy groups -OCH3 is 2. The Morgan fingerprint density at radius 1 is 1.00 bits per heavy atom. The maximum Gasteiger partial charge on any atom is 0.413 e. The van der Waals surface area contributed by atoms with Crippen molar-refractivity contribution in [3.05, 3.63) is 42.5 Å². The lowest BCUT2D eigenvalue weighted by atomic mass is 10.2. The summed E-state index contributed by atoms with van der Waals surface area (Å²) in [7, 11) is -1.85. The van der Waals surface area contributed by atoms with E-state index < -0.39 is 28.1 Å². The van der Waals surface area contributed by atoms with Gasteiger partial charge >= 0.3 is 16.2 Å². The summed E-state index contributed by atoms with van der Waals surface area (Å²) in [6.45, 7) is 2.26. The lowest BCUT2D eigenvalue weighted by Gasteiger charge is -2.16. The maximum absolute atomic E-state index is 12.9. The highest BCUT2D eigenvalue weighted by atomic mass is 32.2. The predicted molar refractivity (Wildman–Crippen MR) is 128 cm³/mol. The zero-order valence-corrected chi connectivity index (χ0v) is 20.4. The third-order valence-corrected chi connectivity index (χ3v) is 5.52. The number of unbranched alkanes of at least 4 members (excludes halogenated alkanes) is 1. The van der Waals surface area contributed by atoms with E-state index in [0.29, 0.717) is 12.4 Å². The van der Waals surface area contributed by atoms with Crippen LogP contribution in [0.3, 0.4) is 0 Å². The molecule has 0 bridgehead atoms. The minimum atomic E-state index is -4.31. The molecular weight excluding hydrogens is 480 g/mol. The normalized spacial score (nSPS) is 10.7. The van der Waals surface area contributed by atoms with Gasteiger partial charge in [-0.2, -0.15) is 8.42 Å². The number of anilines is 2. The molecular formula is C22H28N4O8S. The lowest BCUT2D eigenvalue weighted by molar-refractivity contribution is -0.119. The quantitative estimate of drug-likeness (QED) is 0.154. The number of hydrogen-bond donors (Lipinski definition) is 4. The van der Waals surface area contributed by atoms with Crippen LogP contribution in [0.4, 0.5) is 16.2 Å². The Labute approximate surface area is 203 Å². The average molecular weight is 509 g/mol. The maximum atomic E-state index is 12.9. The largest absolute Gasteiger partial charge is 0.493 e. The molecule has 0 saturated heterocycles. The Morgan fingerprint density at radius 3 is 2.43 bits per heavy atom. The van der Waals surface area contributed by atoms with Gasteiger partial charge in [0.15, 0.2) is 0 Å². The summed E-state index contributed by atoms with van der Waals surface area (Å²) in [5.74, 6) is -0.528. The second kappa shape index (κ2) is 13.2. The molecule has 0 saturated carbocycles. The highest BCUT2D eigenvalue weighted by Crippen LogP contribution is 2.28. The number of nitrogens with one attached hydrogen (secondary N) is 4. The van der Waals surface area contributed by atoms with E-state index in [1.807, 2.05) is 6.92 Å². The van der Waals surface area contributed by atoms with Crippen LogP contribution < -0.4 is 24.9 Å². The molecule has 0 heterocycles. The number of amides is 2. The second-order valence-electron chi connectivity index (χ2n) is 7.02. The summed E-state index contributed by atoms with van der Waals surface area (Å²) in [5, 5.41) is 15.0.